The smallest absolute Gasteiger partial charge is 0.268 e. The minimum atomic E-state index is 0.0214. The van der Waals surface area contributed by atoms with E-state index in [4.69, 9.17) is 0 Å². The van der Waals surface area contributed by atoms with Crippen molar-refractivity contribution in [2.75, 3.05) is 24.5 Å². The Bertz CT molecular complexity index is 458. The molecule has 1 aromatic rings. The molecule has 2 aliphatic rings. The average Bonchev–Trinajstić information content (AvgIpc) is 3.04. The van der Waals surface area contributed by atoms with E-state index in [2.05, 4.69) is 15.3 Å². The fourth-order valence-electron chi connectivity index (χ4n) is 2.83. The van der Waals surface area contributed by atoms with Crippen molar-refractivity contribution < 1.29 is 0 Å². The van der Waals surface area contributed by atoms with Crippen molar-refractivity contribution in [3.63, 3.8) is 0 Å². The Morgan fingerprint density at radius 1 is 1.33 bits per heavy atom. The molecule has 5 heteroatoms. The van der Waals surface area contributed by atoms with E-state index in [0.29, 0.717) is 12.6 Å². The summed E-state index contributed by atoms with van der Waals surface area (Å²) in [7, 11) is 0. The minimum Gasteiger partial charge on any atom is -0.370 e. The summed E-state index contributed by atoms with van der Waals surface area (Å²) in [5.41, 5.74) is 1.00. The Labute approximate surface area is 107 Å². The summed E-state index contributed by atoms with van der Waals surface area (Å²) in [6.07, 6.45) is 6.61. The highest BCUT2D eigenvalue weighted by Crippen LogP contribution is 2.17. The normalized spacial score (nSPS) is 23.8. The summed E-state index contributed by atoms with van der Waals surface area (Å²) in [4.78, 5) is 14.3. The lowest BCUT2D eigenvalue weighted by Gasteiger charge is -2.18. The Morgan fingerprint density at radius 3 is 2.83 bits per heavy atom. The van der Waals surface area contributed by atoms with Crippen molar-refractivity contribution in [3.8, 4) is 0 Å². The molecule has 0 aliphatic carbocycles. The molecule has 2 aliphatic heterocycles. The predicted molar refractivity (Wildman–Crippen MR) is 71.0 cm³/mol. The minimum absolute atomic E-state index is 0.0214. The van der Waals surface area contributed by atoms with E-state index in [-0.39, 0.29) is 5.56 Å². The van der Waals surface area contributed by atoms with E-state index in [0.717, 1.165) is 31.7 Å². The number of aromatic nitrogens is 2. The van der Waals surface area contributed by atoms with E-state index in [9.17, 15) is 4.79 Å². The fourth-order valence-corrected chi connectivity index (χ4v) is 2.83. The number of hydrogen-bond acceptors (Lipinski definition) is 4. The van der Waals surface area contributed by atoms with Crippen molar-refractivity contribution in [1.82, 2.24) is 15.1 Å². The van der Waals surface area contributed by atoms with Crippen LogP contribution in [0.4, 0.5) is 5.69 Å². The van der Waals surface area contributed by atoms with Gasteiger partial charge in [0.2, 0.25) is 0 Å². The van der Waals surface area contributed by atoms with Gasteiger partial charge in [0.15, 0.2) is 0 Å². The molecule has 0 radical (unpaired) electrons. The number of nitrogens with zero attached hydrogens (tertiary/aromatic N) is 3. The first-order valence-corrected chi connectivity index (χ1v) is 6.88. The van der Waals surface area contributed by atoms with Crippen molar-refractivity contribution in [2.45, 2.75) is 38.3 Å². The van der Waals surface area contributed by atoms with E-state index >= 15 is 0 Å². The van der Waals surface area contributed by atoms with Gasteiger partial charge < -0.3 is 10.2 Å². The van der Waals surface area contributed by atoms with Gasteiger partial charge in [-0.15, -0.1) is 0 Å². The lowest BCUT2D eigenvalue weighted by Crippen LogP contribution is -2.34. The summed E-state index contributed by atoms with van der Waals surface area (Å²) in [5, 5.41) is 7.70. The standard InChI is InChI=1S/C13H20N4O/c18-13-8-12(16-6-1-2-7-16)9-15-17(13)10-11-4-3-5-14-11/h8-9,11,14H,1-7,10H2/t11-/m0/s1. The van der Waals surface area contributed by atoms with Crippen molar-refractivity contribution in [1.29, 1.82) is 0 Å². The molecule has 2 fully saturated rings. The first-order valence-electron chi connectivity index (χ1n) is 6.88. The molecule has 3 heterocycles. The van der Waals surface area contributed by atoms with E-state index in [1.165, 1.54) is 19.3 Å². The third-order valence-electron chi connectivity index (χ3n) is 3.88. The van der Waals surface area contributed by atoms with Gasteiger partial charge in [0.05, 0.1) is 18.4 Å². The monoisotopic (exact) mass is 248 g/mol. The van der Waals surface area contributed by atoms with Crippen molar-refractivity contribution >= 4 is 5.69 Å². The summed E-state index contributed by atoms with van der Waals surface area (Å²) in [5.74, 6) is 0. The van der Waals surface area contributed by atoms with Gasteiger partial charge >= 0.3 is 0 Å². The average molecular weight is 248 g/mol. The molecular weight excluding hydrogens is 228 g/mol. The molecule has 98 valence electrons. The first kappa shape index (κ1) is 11.7. The van der Waals surface area contributed by atoms with Gasteiger partial charge in [-0.25, -0.2) is 4.68 Å². The zero-order valence-electron chi connectivity index (χ0n) is 10.6. The molecule has 1 aromatic heterocycles. The highest BCUT2D eigenvalue weighted by Gasteiger charge is 2.17. The highest BCUT2D eigenvalue weighted by molar-refractivity contribution is 5.43. The Hall–Kier alpha value is -1.36. The van der Waals surface area contributed by atoms with Gasteiger partial charge in [0.1, 0.15) is 0 Å². The van der Waals surface area contributed by atoms with E-state index in [1.54, 1.807) is 10.7 Å². The predicted octanol–water partition coefficient (Wildman–Crippen LogP) is 0.595. The van der Waals surface area contributed by atoms with Crippen LogP contribution in [-0.4, -0.2) is 35.5 Å². The van der Waals surface area contributed by atoms with Crippen LogP contribution in [0.1, 0.15) is 25.7 Å². The molecule has 0 amide bonds. The number of nitrogens with one attached hydrogen (secondary N) is 1. The number of hydrogen-bond donors (Lipinski definition) is 1. The first-order chi connectivity index (χ1) is 8.83. The van der Waals surface area contributed by atoms with E-state index in [1.807, 2.05) is 6.20 Å². The van der Waals surface area contributed by atoms with Gasteiger partial charge in [-0.2, -0.15) is 5.10 Å². The molecule has 5 nitrogen and oxygen atoms in total. The maximum absolute atomic E-state index is 12.0. The van der Waals surface area contributed by atoms with Gasteiger partial charge in [-0.3, -0.25) is 4.79 Å². The molecule has 0 bridgehead atoms. The molecule has 1 atom stereocenters. The number of rotatable bonds is 3. The summed E-state index contributed by atoms with van der Waals surface area (Å²) in [6.45, 7) is 3.86. The molecule has 2 saturated heterocycles. The second-order valence-electron chi connectivity index (χ2n) is 5.22. The summed E-state index contributed by atoms with van der Waals surface area (Å²) >= 11 is 0. The topological polar surface area (TPSA) is 50.2 Å². The quantitative estimate of drug-likeness (QED) is 0.851. The largest absolute Gasteiger partial charge is 0.370 e. The molecule has 18 heavy (non-hydrogen) atoms. The molecule has 3 rings (SSSR count). The number of anilines is 1. The van der Waals surface area contributed by atoms with Crippen LogP contribution in [0.25, 0.3) is 0 Å². The second kappa shape index (κ2) is 5.10. The zero-order chi connectivity index (χ0) is 12.4. The van der Waals surface area contributed by atoms with Crippen molar-refractivity contribution in [2.24, 2.45) is 0 Å². The third kappa shape index (κ3) is 2.41. The molecule has 0 unspecified atom stereocenters. The van der Waals surface area contributed by atoms with Crippen LogP contribution in [-0.2, 0) is 6.54 Å². The van der Waals surface area contributed by atoms with Crippen LogP contribution < -0.4 is 15.8 Å². The van der Waals surface area contributed by atoms with Crippen LogP contribution in [0.2, 0.25) is 0 Å². The van der Waals surface area contributed by atoms with Crippen LogP contribution in [0.15, 0.2) is 17.1 Å². The maximum atomic E-state index is 12.0. The van der Waals surface area contributed by atoms with Gasteiger partial charge in [0, 0.05) is 25.2 Å². The zero-order valence-corrected chi connectivity index (χ0v) is 10.6. The Balaban J connectivity index is 1.73. The summed E-state index contributed by atoms with van der Waals surface area (Å²) in [6, 6.07) is 2.14. The lowest BCUT2D eigenvalue weighted by molar-refractivity contribution is 0.459. The molecule has 0 saturated carbocycles. The van der Waals surface area contributed by atoms with Crippen LogP contribution in [0, 0.1) is 0 Å². The third-order valence-corrected chi connectivity index (χ3v) is 3.88. The lowest BCUT2D eigenvalue weighted by atomic mass is 10.2. The van der Waals surface area contributed by atoms with Crippen LogP contribution in [0.3, 0.4) is 0 Å². The maximum Gasteiger partial charge on any atom is 0.268 e. The fraction of sp³-hybridized carbons (Fsp3) is 0.692. The SMILES string of the molecule is O=c1cc(N2CCCC2)cnn1C[C@@H]1CCCN1. The molecule has 0 aromatic carbocycles. The van der Waals surface area contributed by atoms with Gasteiger partial charge in [-0.1, -0.05) is 0 Å². The summed E-state index contributed by atoms with van der Waals surface area (Å²) < 4.78 is 1.59. The van der Waals surface area contributed by atoms with Crippen LogP contribution in [0.5, 0.6) is 0 Å². The van der Waals surface area contributed by atoms with Crippen molar-refractivity contribution in [3.05, 3.63) is 22.6 Å². The molecule has 1 N–H and O–H groups in total. The second-order valence-corrected chi connectivity index (χ2v) is 5.22. The highest BCUT2D eigenvalue weighted by atomic mass is 16.1. The van der Waals surface area contributed by atoms with Gasteiger partial charge in [-0.05, 0) is 32.2 Å². The van der Waals surface area contributed by atoms with Gasteiger partial charge in [0.25, 0.3) is 5.56 Å². The van der Waals surface area contributed by atoms with E-state index < -0.39 is 0 Å². The Kier molecular flexibility index (Phi) is 3.32. The molecule has 0 spiro atoms. The molecular formula is C13H20N4O. The Morgan fingerprint density at radius 2 is 2.17 bits per heavy atom. The van der Waals surface area contributed by atoms with Crippen LogP contribution >= 0.6 is 0 Å².